The maximum atomic E-state index is 13.2. The monoisotopic (exact) mass is 296 g/mol. The number of aryl methyl sites for hydroxylation is 1. The molecule has 0 aliphatic carbocycles. The highest BCUT2D eigenvalue weighted by Gasteiger charge is 2.22. The lowest BCUT2D eigenvalue weighted by atomic mass is 10.0. The van der Waals surface area contributed by atoms with E-state index >= 15 is 0 Å². The molecular formula is C18H17FN2O. The number of benzene rings is 2. The lowest BCUT2D eigenvalue weighted by Crippen LogP contribution is -2.23. The van der Waals surface area contributed by atoms with Gasteiger partial charge in [-0.2, -0.15) is 5.10 Å². The van der Waals surface area contributed by atoms with Crippen molar-refractivity contribution in [2.45, 2.75) is 19.8 Å². The van der Waals surface area contributed by atoms with Crippen LogP contribution in [0.25, 0.3) is 0 Å². The molecule has 0 spiro atoms. The van der Waals surface area contributed by atoms with E-state index in [-0.39, 0.29) is 5.91 Å². The number of halogens is 1. The number of carbonyl (C=O) groups is 1. The molecule has 0 saturated heterocycles. The van der Waals surface area contributed by atoms with Crippen molar-refractivity contribution in [3.63, 3.8) is 0 Å². The van der Waals surface area contributed by atoms with Crippen LogP contribution < -0.4 is 0 Å². The van der Waals surface area contributed by atoms with Crippen molar-refractivity contribution in [2.24, 2.45) is 5.10 Å². The summed E-state index contributed by atoms with van der Waals surface area (Å²) >= 11 is 0. The van der Waals surface area contributed by atoms with Gasteiger partial charge in [-0.05, 0) is 35.7 Å². The van der Waals surface area contributed by atoms with E-state index in [0.717, 1.165) is 17.7 Å². The summed E-state index contributed by atoms with van der Waals surface area (Å²) in [6, 6.07) is 13.9. The number of amides is 1. The Hall–Kier alpha value is -2.49. The standard InChI is InChI=1S/C18H17FN2O/c1-2-13-6-8-14(9-7-13)17-10-11-21(20-17)18(22)15-4-3-5-16(19)12-15/h3-9,12H,2,10-11H2,1H3. The summed E-state index contributed by atoms with van der Waals surface area (Å²) in [5.41, 5.74) is 3.53. The summed E-state index contributed by atoms with van der Waals surface area (Å²) in [5.74, 6) is -0.677. The van der Waals surface area contributed by atoms with Crippen LogP contribution >= 0.6 is 0 Å². The lowest BCUT2D eigenvalue weighted by Gasteiger charge is -2.11. The molecule has 0 radical (unpaired) electrons. The molecule has 1 amide bonds. The second-order valence-electron chi connectivity index (χ2n) is 5.29. The molecule has 22 heavy (non-hydrogen) atoms. The molecule has 2 aromatic carbocycles. The van der Waals surface area contributed by atoms with Crippen LogP contribution in [-0.2, 0) is 6.42 Å². The summed E-state index contributed by atoms with van der Waals surface area (Å²) in [6.07, 6.45) is 1.71. The topological polar surface area (TPSA) is 32.7 Å². The summed E-state index contributed by atoms with van der Waals surface area (Å²) in [5, 5.41) is 5.81. The largest absolute Gasteiger partial charge is 0.274 e. The summed E-state index contributed by atoms with van der Waals surface area (Å²) in [7, 11) is 0. The fourth-order valence-corrected chi connectivity index (χ4v) is 2.51. The fraction of sp³-hybridized carbons (Fsp3) is 0.222. The first kappa shape index (κ1) is 14.4. The van der Waals surface area contributed by atoms with Crippen LogP contribution in [0.4, 0.5) is 4.39 Å². The third kappa shape index (κ3) is 2.91. The zero-order chi connectivity index (χ0) is 15.5. The molecule has 0 unspecified atom stereocenters. The van der Waals surface area contributed by atoms with Crippen LogP contribution in [0.15, 0.2) is 53.6 Å². The van der Waals surface area contributed by atoms with E-state index in [1.807, 2.05) is 12.1 Å². The average molecular weight is 296 g/mol. The maximum absolute atomic E-state index is 13.2. The van der Waals surface area contributed by atoms with E-state index < -0.39 is 5.82 Å². The van der Waals surface area contributed by atoms with Crippen LogP contribution in [0.5, 0.6) is 0 Å². The van der Waals surface area contributed by atoms with Crippen LogP contribution in [0.3, 0.4) is 0 Å². The van der Waals surface area contributed by atoms with Crippen molar-refractivity contribution in [2.75, 3.05) is 6.54 Å². The first-order valence-electron chi connectivity index (χ1n) is 7.41. The van der Waals surface area contributed by atoms with Gasteiger partial charge in [-0.3, -0.25) is 4.79 Å². The van der Waals surface area contributed by atoms with Crippen LogP contribution in [0.1, 0.15) is 34.8 Å². The molecular weight excluding hydrogens is 279 g/mol. The molecule has 1 heterocycles. The number of hydrogen-bond acceptors (Lipinski definition) is 2. The quantitative estimate of drug-likeness (QED) is 0.851. The molecule has 4 heteroatoms. The average Bonchev–Trinajstić information content (AvgIpc) is 3.04. The Balaban J connectivity index is 1.80. The number of carbonyl (C=O) groups excluding carboxylic acids is 1. The highest BCUT2D eigenvalue weighted by molar-refractivity contribution is 6.04. The first-order valence-corrected chi connectivity index (χ1v) is 7.41. The third-order valence-corrected chi connectivity index (χ3v) is 3.80. The van der Waals surface area contributed by atoms with Gasteiger partial charge in [0.2, 0.25) is 0 Å². The van der Waals surface area contributed by atoms with Crippen molar-refractivity contribution in [1.29, 1.82) is 0 Å². The SMILES string of the molecule is CCc1ccc(C2=NN(C(=O)c3cccc(F)c3)CC2)cc1. The van der Waals surface area contributed by atoms with Gasteiger partial charge in [0.15, 0.2) is 0 Å². The zero-order valence-electron chi connectivity index (χ0n) is 12.4. The predicted octanol–water partition coefficient (Wildman–Crippen LogP) is 3.64. The maximum Gasteiger partial charge on any atom is 0.274 e. The number of hydrogen-bond donors (Lipinski definition) is 0. The van der Waals surface area contributed by atoms with Gasteiger partial charge in [0.25, 0.3) is 5.91 Å². The Morgan fingerprint density at radius 2 is 2.00 bits per heavy atom. The molecule has 3 rings (SSSR count). The van der Waals surface area contributed by atoms with Gasteiger partial charge in [-0.15, -0.1) is 0 Å². The second-order valence-corrected chi connectivity index (χ2v) is 5.29. The van der Waals surface area contributed by atoms with Gasteiger partial charge in [-0.25, -0.2) is 9.40 Å². The van der Waals surface area contributed by atoms with E-state index in [1.165, 1.54) is 28.8 Å². The fourth-order valence-electron chi connectivity index (χ4n) is 2.51. The molecule has 0 fully saturated rings. The molecule has 0 bridgehead atoms. The van der Waals surface area contributed by atoms with E-state index in [1.54, 1.807) is 6.07 Å². The molecule has 2 aromatic rings. The van der Waals surface area contributed by atoms with Gasteiger partial charge >= 0.3 is 0 Å². The molecule has 0 aromatic heterocycles. The minimum atomic E-state index is -0.413. The van der Waals surface area contributed by atoms with Gasteiger partial charge < -0.3 is 0 Å². The highest BCUT2D eigenvalue weighted by atomic mass is 19.1. The van der Waals surface area contributed by atoms with E-state index in [4.69, 9.17) is 0 Å². The van der Waals surface area contributed by atoms with Crippen molar-refractivity contribution >= 4 is 11.6 Å². The zero-order valence-corrected chi connectivity index (χ0v) is 12.4. The van der Waals surface area contributed by atoms with Crippen LogP contribution in [0.2, 0.25) is 0 Å². The van der Waals surface area contributed by atoms with Gasteiger partial charge in [0.1, 0.15) is 5.82 Å². The van der Waals surface area contributed by atoms with Crippen LogP contribution in [0, 0.1) is 5.82 Å². The van der Waals surface area contributed by atoms with Gasteiger partial charge in [0, 0.05) is 12.0 Å². The molecule has 1 aliphatic heterocycles. The summed E-state index contributed by atoms with van der Waals surface area (Å²) < 4.78 is 13.2. The van der Waals surface area contributed by atoms with Crippen molar-refractivity contribution in [3.05, 3.63) is 71.0 Å². The molecule has 1 aliphatic rings. The number of rotatable bonds is 3. The van der Waals surface area contributed by atoms with Gasteiger partial charge in [0.05, 0.1) is 12.3 Å². The number of nitrogens with zero attached hydrogens (tertiary/aromatic N) is 2. The Bertz CT molecular complexity index is 722. The Kier molecular flexibility index (Phi) is 4.00. The lowest BCUT2D eigenvalue weighted by molar-refractivity contribution is 0.0778. The molecule has 0 atom stereocenters. The first-order chi connectivity index (χ1) is 10.7. The predicted molar refractivity (Wildman–Crippen MR) is 84.4 cm³/mol. The van der Waals surface area contributed by atoms with Crippen molar-refractivity contribution < 1.29 is 9.18 Å². The highest BCUT2D eigenvalue weighted by Crippen LogP contribution is 2.17. The Morgan fingerprint density at radius 1 is 1.23 bits per heavy atom. The summed E-state index contributed by atoms with van der Waals surface area (Å²) in [6.45, 7) is 2.64. The minimum Gasteiger partial charge on any atom is -0.267 e. The molecule has 0 saturated carbocycles. The van der Waals surface area contributed by atoms with Gasteiger partial charge in [-0.1, -0.05) is 37.3 Å². The molecule has 3 nitrogen and oxygen atoms in total. The number of hydrazone groups is 1. The van der Waals surface area contributed by atoms with Crippen LogP contribution in [-0.4, -0.2) is 23.2 Å². The minimum absolute atomic E-state index is 0.264. The Labute approximate surface area is 129 Å². The normalized spacial score (nSPS) is 14.1. The Morgan fingerprint density at radius 3 is 2.68 bits per heavy atom. The van der Waals surface area contributed by atoms with E-state index in [9.17, 15) is 9.18 Å². The van der Waals surface area contributed by atoms with Crippen molar-refractivity contribution in [1.82, 2.24) is 5.01 Å². The smallest absolute Gasteiger partial charge is 0.267 e. The van der Waals surface area contributed by atoms with E-state index in [0.29, 0.717) is 18.5 Å². The molecule has 0 N–H and O–H groups in total. The summed E-state index contributed by atoms with van der Waals surface area (Å²) in [4.78, 5) is 12.3. The second kappa shape index (κ2) is 6.10. The van der Waals surface area contributed by atoms with Crippen molar-refractivity contribution in [3.8, 4) is 0 Å². The third-order valence-electron chi connectivity index (χ3n) is 3.80. The molecule has 112 valence electrons. The van der Waals surface area contributed by atoms with E-state index in [2.05, 4.69) is 24.2 Å².